The number of hydrogen-bond acceptors (Lipinski definition) is 6. The Hall–Kier alpha value is -2.03. The number of amides is 2. The van der Waals surface area contributed by atoms with Crippen LogP contribution in [0.5, 0.6) is 0 Å². The summed E-state index contributed by atoms with van der Waals surface area (Å²) in [5, 5.41) is 22.4. The highest BCUT2D eigenvalue weighted by molar-refractivity contribution is 5.80. The summed E-state index contributed by atoms with van der Waals surface area (Å²) in [5.74, 6) is 0.833. The Morgan fingerprint density at radius 3 is 2.81 bits per heavy atom. The highest BCUT2D eigenvalue weighted by atomic mass is 16.5. The monoisotopic (exact) mass is 378 g/mol. The highest BCUT2D eigenvalue weighted by Crippen LogP contribution is 2.35. The van der Waals surface area contributed by atoms with Crippen LogP contribution in [0.25, 0.3) is 0 Å². The molecule has 150 valence electrons. The second-order valence-electron chi connectivity index (χ2n) is 7.76. The van der Waals surface area contributed by atoms with E-state index in [1.807, 2.05) is 4.90 Å². The van der Waals surface area contributed by atoms with Crippen LogP contribution >= 0.6 is 0 Å². The number of nitrogens with zero attached hydrogens (tertiary/aromatic N) is 6. The number of carbonyl (C=O) groups excluding carboxylic acids is 2. The number of aryl methyl sites for hydroxylation is 1. The molecule has 1 saturated carbocycles. The zero-order valence-corrected chi connectivity index (χ0v) is 16.0. The molecule has 9 nitrogen and oxygen atoms in total. The van der Waals surface area contributed by atoms with E-state index in [4.69, 9.17) is 0 Å². The highest BCUT2D eigenvalue weighted by Gasteiger charge is 2.38. The largest absolute Gasteiger partial charge is 0.332 e. The van der Waals surface area contributed by atoms with E-state index in [1.54, 1.807) is 4.68 Å². The molecule has 2 aliphatic rings. The fourth-order valence-electron chi connectivity index (χ4n) is 4.53. The molecular formula is C18H30N6O3. The van der Waals surface area contributed by atoms with Gasteiger partial charge in [-0.15, -0.1) is 5.10 Å². The number of aromatic nitrogens is 4. The van der Waals surface area contributed by atoms with Crippen molar-refractivity contribution >= 4 is 12.3 Å². The summed E-state index contributed by atoms with van der Waals surface area (Å²) in [6, 6.07) is -0.131. The van der Waals surface area contributed by atoms with Gasteiger partial charge in [0.05, 0.1) is 18.5 Å². The van der Waals surface area contributed by atoms with Gasteiger partial charge in [-0.2, -0.15) is 0 Å². The molecule has 9 heteroatoms. The Labute approximate surface area is 159 Å². The summed E-state index contributed by atoms with van der Waals surface area (Å²) in [7, 11) is 0. The van der Waals surface area contributed by atoms with Gasteiger partial charge in [0.2, 0.25) is 12.3 Å². The number of rotatable bonds is 9. The minimum atomic E-state index is -0.389. The Kier molecular flexibility index (Phi) is 6.76. The smallest absolute Gasteiger partial charge is 0.233 e. The number of hydroxylamine groups is 2. The number of tetrazole rings is 1. The Morgan fingerprint density at radius 2 is 2.11 bits per heavy atom. The van der Waals surface area contributed by atoms with E-state index in [1.165, 1.54) is 12.8 Å². The molecule has 2 fully saturated rings. The van der Waals surface area contributed by atoms with Gasteiger partial charge in [-0.1, -0.05) is 32.6 Å². The van der Waals surface area contributed by atoms with Crippen LogP contribution in [0.1, 0.15) is 70.2 Å². The maximum Gasteiger partial charge on any atom is 0.233 e. The van der Waals surface area contributed by atoms with Gasteiger partial charge in [0.25, 0.3) is 0 Å². The minimum Gasteiger partial charge on any atom is -0.332 e. The Bertz CT molecular complexity index is 630. The molecule has 1 saturated heterocycles. The van der Waals surface area contributed by atoms with Crippen molar-refractivity contribution in [2.75, 3.05) is 13.1 Å². The van der Waals surface area contributed by atoms with E-state index < -0.39 is 0 Å². The van der Waals surface area contributed by atoms with Crippen molar-refractivity contribution in [2.45, 2.75) is 70.9 Å². The van der Waals surface area contributed by atoms with Crippen molar-refractivity contribution in [2.24, 2.45) is 11.8 Å². The summed E-state index contributed by atoms with van der Waals surface area (Å²) in [4.78, 5) is 26.1. The van der Waals surface area contributed by atoms with E-state index in [0.717, 1.165) is 44.5 Å². The fraction of sp³-hybridized carbons (Fsp3) is 0.833. The third-order valence-electron chi connectivity index (χ3n) is 5.80. The maximum atomic E-state index is 13.4. The summed E-state index contributed by atoms with van der Waals surface area (Å²) >= 11 is 0. The molecule has 0 aromatic carbocycles. The summed E-state index contributed by atoms with van der Waals surface area (Å²) in [5.41, 5.74) is 0. The van der Waals surface area contributed by atoms with Gasteiger partial charge < -0.3 is 4.90 Å². The molecule has 0 unspecified atom stereocenters. The fourth-order valence-corrected chi connectivity index (χ4v) is 4.53. The maximum absolute atomic E-state index is 13.4. The van der Waals surface area contributed by atoms with Crippen LogP contribution < -0.4 is 0 Å². The molecule has 1 aliphatic carbocycles. The first-order valence-corrected chi connectivity index (χ1v) is 10.1. The molecule has 0 spiro atoms. The van der Waals surface area contributed by atoms with Crippen LogP contribution in [-0.4, -0.2) is 60.8 Å². The Balaban J connectivity index is 1.76. The van der Waals surface area contributed by atoms with Crippen LogP contribution in [0.4, 0.5) is 0 Å². The molecule has 1 aliphatic heterocycles. The van der Waals surface area contributed by atoms with Crippen molar-refractivity contribution in [1.29, 1.82) is 0 Å². The molecule has 2 amide bonds. The van der Waals surface area contributed by atoms with Gasteiger partial charge in [-0.05, 0) is 42.0 Å². The third-order valence-corrected chi connectivity index (χ3v) is 5.80. The first-order valence-electron chi connectivity index (χ1n) is 10.1. The Morgan fingerprint density at radius 1 is 1.33 bits per heavy atom. The lowest BCUT2D eigenvalue weighted by molar-refractivity contribution is -0.157. The van der Waals surface area contributed by atoms with Crippen molar-refractivity contribution in [3.8, 4) is 0 Å². The zero-order chi connectivity index (χ0) is 19.2. The molecule has 1 N–H and O–H groups in total. The zero-order valence-electron chi connectivity index (χ0n) is 16.0. The van der Waals surface area contributed by atoms with E-state index >= 15 is 0 Å². The van der Waals surface area contributed by atoms with Crippen LogP contribution in [0.15, 0.2) is 0 Å². The van der Waals surface area contributed by atoms with Gasteiger partial charge in [-0.3, -0.25) is 14.8 Å². The van der Waals surface area contributed by atoms with E-state index in [9.17, 15) is 14.8 Å². The number of carbonyl (C=O) groups is 2. The first kappa shape index (κ1) is 19.7. The molecular weight excluding hydrogens is 348 g/mol. The molecule has 1 aromatic rings. The molecule has 0 bridgehead atoms. The lowest BCUT2D eigenvalue weighted by Crippen LogP contribution is -2.41. The third kappa shape index (κ3) is 4.63. The SMILES string of the molecule is CCCn1nnnc1[C@@H]1CCCN1C(=O)[C@@H](CC1CCCC1)CN(O)C=O. The van der Waals surface area contributed by atoms with Gasteiger partial charge in [0.1, 0.15) is 0 Å². The molecule has 27 heavy (non-hydrogen) atoms. The van der Waals surface area contributed by atoms with E-state index in [-0.39, 0.29) is 24.4 Å². The standard InChI is InChI=1S/C18H30N6O3/c1-2-9-24-17(19-20-21-24)16-8-5-10-23(16)18(26)15(12-22(27)13-25)11-14-6-3-4-7-14/h13-16,27H,2-12H2,1H3/t15-,16-/m0/s1. The molecule has 0 radical (unpaired) electrons. The van der Waals surface area contributed by atoms with Crippen molar-refractivity contribution in [1.82, 2.24) is 30.2 Å². The van der Waals surface area contributed by atoms with Crippen molar-refractivity contribution < 1.29 is 14.8 Å². The van der Waals surface area contributed by atoms with Crippen LogP contribution in [0.3, 0.4) is 0 Å². The topological polar surface area (TPSA) is 104 Å². The average molecular weight is 378 g/mol. The molecule has 3 rings (SSSR count). The van der Waals surface area contributed by atoms with E-state index in [2.05, 4.69) is 22.4 Å². The number of hydrogen-bond donors (Lipinski definition) is 1. The lowest BCUT2D eigenvalue weighted by atomic mass is 9.91. The first-order chi connectivity index (χ1) is 13.1. The second-order valence-corrected chi connectivity index (χ2v) is 7.76. The van der Waals surface area contributed by atoms with Crippen LogP contribution in [0.2, 0.25) is 0 Å². The number of likely N-dealkylation sites (tertiary alicyclic amines) is 1. The van der Waals surface area contributed by atoms with Crippen LogP contribution in [0, 0.1) is 11.8 Å². The summed E-state index contributed by atoms with van der Waals surface area (Å²) in [6.45, 7) is 3.50. The van der Waals surface area contributed by atoms with Gasteiger partial charge in [0, 0.05) is 13.1 Å². The lowest BCUT2D eigenvalue weighted by Gasteiger charge is -2.30. The molecule has 2 atom stereocenters. The summed E-state index contributed by atoms with van der Waals surface area (Å²) < 4.78 is 1.78. The second kappa shape index (κ2) is 9.25. The van der Waals surface area contributed by atoms with Crippen LogP contribution in [-0.2, 0) is 16.1 Å². The summed E-state index contributed by atoms with van der Waals surface area (Å²) in [6.07, 6.45) is 8.38. The average Bonchev–Trinajstić information content (AvgIpc) is 3.41. The quantitative estimate of drug-likeness (QED) is 0.399. The predicted molar refractivity (Wildman–Crippen MR) is 96.4 cm³/mol. The molecule has 2 heterocycles. The normalized spacial score (nSPS) is 21.6. The van der Waals surface area contributed by atoms with E-state index in [0.29, 0.717) is 30.4 Å². The van der Waals surface area contributed by atoms with Crippen molar-refractivity contribution in [3.05, 3.63) is 5.82 Å². The molecule has 1 aromatic heterocycles. The van der Waals surface area contributed by atoms with Gasteiger partial charge in [0.15, 0.2) is 5.82 Å². The van der Waals surface area contributed by atoms with Gasteiger partial charge >= 0.3 is 0 Å². The predicted octanol–water partition coefficient (Wildman–Crippen LogP) is 1.79. The van der Waals surface area contributed by atoms with Crippen molar-refractivity contribution in [3.63, 3.8) is 0 Å². The minimum absolute atomic E-state index is 0.00338. The van der Waals surface area contributed by atoms with Gasteiger partial charge in [-0.25, -0.2) is 9.75 Å².